The van der Waals surface area contributed by atoms with E-state index < -0.39 is 11.5 Å². The van der Waals surface area contributed by atoms with Gasteiger partial charge in [-0.15, -0.1) is 0 Å². The quantitative estimate of drug-likeness (QED) is 0.453. The highest BCUT2D eigenvalue weighted by Gasteiger charge is 2.39. The summed E-state index contributed by atoms with van der Waals surface area (Å²) >= 11 is 0. The van der Waals surface area contributed by atoms with E-state index in [2.05, 4.69) is 17.1 Å². The van der Waals surface area contributed by atoms with Crippen molar-refractivity contribution in [2.75, 3.05) is 27.2 Å². The maximum absolute atomic E-state index is 13.6. The van der Waals surface area contributed by atoms with E-state index in [9.17, 15) is 14.4 Å². The predicted molar refractivity (Wildman–Crippen MR) is 128 cm³/mol. The Bertz CT molecular complexity index is 696. The average Bonchev–Trinajstić information content (AvgIpc) is 2.67. The van der Waals surface area contributed by atoms with E-state index in [0.29, 0.717) is 18.1 Å². The summed E-state index contributed by atoms with van der Waals surface area (Å²) in [4.78, 5) is 42.6. The van der Waals surface area contributed by atoms with Gasteiger partial charge in [0.25, 0.3) is 0 Å². The number of carbonyl (C=O) groups excluding carboxylic acids is 3. The van der Waals surface area contributed by atoms with Crippen molar-refractivity contribution in [1.29, 1.82) is 0 Å². The second kappa shape index (κ2) is 11.8. The molecule has 4 atom stereocenters. The fourth-order valence-electron chi connectivity index (χ4n) is 4.26. The van der Waals surface area contributed by atoms with E-state index in [0.717, 1.165) is 19.4 Å². The van der Waals surface area contributed by atoms with E-state index in [1.54, 1.807) is 31.9 Å². The van der Waals surface area contributed by atoms with Crippen LogP contribution in [-0.4, -0.2) is 73.0 Å². The molecule has 0 spiro atoms. The van der Waals surface area contributed by atoms with Crippen molar-refractivity contribution >= 4 is 17.8 Å². The van der Waals surface area contributed by atoms with Crippen molar-refractivity contribution < 1.29 is 19.1 Å². The van der Waals surface area contributed by atoms with Gasteiger partial charge in [-0.25, -0.2) is 4.79 Å². The molecule has 7 nitrogen and oxygen atoms in total. The number of ether oxygens (including phenoxy) is 1. The minimum atomic E-state index is -0.676. The number of hydrogen-bond acceptors (Lipinski definition) is 5. The number of nitrogens with zero attached hydrogens (tertiary/aromatic N) is 2. The SMILES string of the molecule is CCOC(=O)C(C)=C[C@H](C(C)C)N(C)C(=O)[C@@H](NC(=O)[C@H]1CC[C@H](C)CN1C)C(C)(C)C. The number of likely N-dealkylation sites (N-methyl/N-ethyl adjacent to an activating group) is 2. The average molecular weight is 452 g/mol. The minimum absolute atomic E-state index is 0.0793. The molecule has 1 rings (SSSR count). The Morgan fingerprint density at radius 3 is 2.28 bits per heavy atom. The Morgan fingerprint density at radius 1 is 1.22 bits per heavy atom. The molecule has 0 bridgehead atoms. The normalized spacial score (nSPS) is 22.3. The molecule has 1 fully saturated rings. The van der Waals surface area contributed by atoms with E-state index in [1.165, 1.54) is 0 Å². The Hall–Kier alpha value is -1.89. The molecule has 0 aromatic rings. The van der Waals surface area contributed by atoms with Crippen LogP contribution in [0.25, 0.3) is 0 Å². The highest BCUT2D eigenvalue weighted by Crippen LogP contribution is 2.25. The highest BCUT2D eigenvalue weighted by molar-refractivity contribution is 5.91. The Morgan fingerprint density at radius 2 is 1.81 bits per heavy atom. The molecule has 1 N–H and O–H groups in total. The third-order valence-corrected chi connectivity index (χ3v) is 6.26. The zero-order valence-electron chi connectivity index (χ0n) is 21.8. The second-order valence-corrected chi connectivity index (χ2v) is 10.7. The van der Waals surface area contributed by atoms with Gasteiger partial charge in [-0.2, -0.15) is 0 Å². The van der Waals surface area contributed by atoms with E-state index in [-0.39, 0.29) is 35.8 Å². The first-order chi connectivity index (χ1) is 14.7. The highest BCUT2D eigenvalue weighted by atomic mass is 16.5. The molecule has 1 aliphatic heterocycles. The molecular formula is C25H45N3O4. The fourth-order valence-corrected chi connectivity index (χ4v) is 4.26. The third-order valence-electron chi connectivity index (χ3n) is 6.26. The van der Waals surface area contributed by atoms with Crippen LogP contribution in [-0.2, 0) is 19.1 Å². The molecule has 0 saturated carbocycles. The monoisotopic (exact) mass is 451 g/mol. The zero-order chi connectivity index (χ0) is 24.8. The third kappa shape index (κ3) is 7.61. The molecule has 2 amide bonds. The second-order valence-electron chi connectivity index (χ2n) is 10.7. The van der Waals surface area contributed by atoms with E-state index in [1.807, 2.05) is 41.7 Å². The summed E-state index contributed by atoms with van der Waals surface area (Å²) in [6.07, 6.45) is 3.59. The van der Waals surface area contributed by atoms with Gasteiger partial charge in [-0.05, 0) is 51.0 Å². The van der Waals surface area contributed by atoms with Gasteiger partial charge in [-0.3, -0.25) is 14.5 Å². The van der Waals surface area contributed by atoms with Crippen molar-refractivity contribution in [1.82, 2.24) is 15.1 Å². The number of hydrogen-bond donors (Lipinski definition) is 1. The maximum Gasteiger partial charge on any atom is 0.333 e. The van der Waals surface area contributed by atoms with Gasteiger partial charge in [0.15, 0.2) is 0 Å². The molecule has 184 valence electrons. The van der Waals surface area contributed by atoms with Gasteiger partial charge in [0.05, 0.1) is 18.7 Å². The van der Waals surface area contributed by atoms with Crippen LogP contribution in [0.15, 0.2) is 11.6 Å². The number of piperidine rings is 1. The minimum Gasteiger partial charge on any atom is -0.463 e. The van der Waals surface area contributed by atoms with Gasteiger partial charge < -0.3 is 15.0 Å². The van der Waals surface area contributed by atoms with Crippen LogP contribution in [0.2, 0.25) is 0 Å². The summed E-state index contributed by atoms with van der Waals surface area (Å²) in [5, 5.41) is 3.06. The number of nitrogens with one attached hydrogen (secondary N) is 1. The van der Waals surface area contributed by atoms with Gasteiger partial charge >= 0.3 is 5.97 Å². The summed E-state index contributed by atoms with van der Waals surface area (Å²) in [6.45, 7) is 16.7. The lowest BCUT2D eigenvalue weighted by Crippen LogP contribution is -2.60. The smallest absolute Gasteiger partial charge is 0.333 e. The number of rotatable bonds is 8. The molecule has 0 aliphatic carbocycles. The van der Waals surface area contributed by atoms with E-state index >= 15 is 0 Å². The van der Waals surface area contributed by atoms with Gasteiger partial charge in [-0.1, -0.05) is 47.6 Å². The first-order valence-corrected chi connectivity index (χ1v) is 11.8. The van der Waals surface area contributed by atoms with Crippen molar-refractivity contribution in [3.63, 3.8) is 0 Å². The molecule has 0 aromatic heterocycles. The summed E-state index contributed by atoms with van der Waals surface area (Å²) in [7, 11) is 3.71. The fraction of sp³-hybridized carbons (Fsp3) is 0.800. The lowest BCUT2D eigenvalue weighted by Gasteiger charge is -2.40. The van der Waals surface area contributed by atoms with Crippen molar-refractivity contribution in [3.8, 4) is 0 Å². The molecule has 1 aliphatic rings. The van der Waals surface area contributed by atoms with Crippen LogP contribution in [0, 0.1) is 17.3 Å². The first-order valence-electron chi connectivity index (χ1n) is 11.8. The maximum atomic E-state index is 13.6. The van der Waals surface area contributed by atoms with Crippen molar-refractivity contribution in [2.24, 2.45) is 17.3 Å². The summed E-state index contributed by atoms with van der Waals surface area (Å²) < 4.78 is 5.09. The summed E-state index contributed by atoms with van der Waals surface area (Å²) in [5.74, 6) is 0.00556. The summed E-state index contributed by atoms with van der Waals surface area (Å²) in [5.41, 5.74) is 0.00247. The van der Waals surface area contributed by atoms with Crippen molar-refractivity contribution in [2.45, 2.75) is 86.4 Å². The van der Waals surface area contributed by atoms with Gasteiger partial charge in [0, 0.05) is 19.2 Å². The lowest BCUT2D eigenvalue weighted by molar-refractivity contribution is -0.142. The Kier molecular flexibility index (Phi) is 10.4. The van der Waals surface area contributed by atoms with Gasteiger partial charge in [0.1, 0.15) is 6.04 Å². The molecule has 1 saturated heterocycles. The molecule has 0 unspecified atom stereocenters. The van der Waals surface area contributed by atoms with E-state index in [4.69, 9.17) is 4.74 Å². The molecule has 1 heterocycles. The van der Waals surface area contributed by atoms with Crippen LogP contribution in [0.4, 0.5) is 0 Å². The first kappa shape index (κ1) is 28.1. The predicted octanol–water partition coefficient (Wildman–Crippen LogP) is 3.24. The molecule has 0 radical (unpaired) electrons. The van der Waals surface area contributed by atoms with Crippen LogP contribution >= 0.6 is 0 Å². The number of esters is 1. The van der Waals surface area contributed by atoms with Crippen molar-refractivity contribution in [3.05, 3.63) is 11.6 Å². The number of amides is 2. The number of likely N-dealkylation sites (tertiary alicyclic amines) is 1. The van der Waals surface area contributed by atoms with Crippen LogP contribution in [0.3, 0.4) is 0 Å². The molecular weight excluding hydrogens is 406 g/mol. The Balaban J connectivity index is 3.10. The molecule has 0 aromatic carbocycles. The van der Waals surface area contributed by atoms with Crippen LogP contribution in [0.5, 0.6) is 0 Å². The van der Waals surface area contributed by atoms with Crippen LogP contribution in [0.1, 0.15) is 68.2 Å². The molecule has 7 heteroatoms. The largest absolute Gasteiger partial charge is 0.463 e. The topological polar surface area (TPSA) is 79.0 Å². The lowest BCUT2D eigenvalue weighted by atomic mass is 9.84. The molecule has 32 heavy (non-hydrogen) atoms. The number of carbonyl (C=O) groups is 3. The Labute approximate surface area is 194 Å². The standard InChI is InChI=1S/C25H45N3O4/c1-11-32-24(31)18(5)14-20(16(2)3)28(10)23(30)21(25(6,7)8)26-22(29)19-13-12-17(4)15-27(19)9/h14,16-17,19-21H,11-13,15H2,1-10H3,(H,26,29)/t17-,19+,20+,21+/m0/s1. The zero-order valence-corrected chi connectivity index (χ0v) is 21.8. The van der Waals surface area contributed by atoms with Gasteiger partial charge in [0.2, 0.25) is 11.8 Å². The van der Waals surface area contributed by atoms with Crippen LogP contribution < -0.4 is 5.32 Å². The summed E-state index contributed by atoms with van der Waals surface area (Å²) in [6, 6.07) is -1.20.